The Morgan fingerprint density at radius 1 is 1.17 bits per heavy atom. The first-order chi connectivity index (χ1) is 11.0. The van der Waals surface area contributed by atoms with Crippen LogP contribution in [0.25, 0.3) is 0 Å². The Morgan fingerprint density at radius 2 is 1.87 bits per heavy atom. The smallest absolute Gasteiger partial charge is 0.319 e. The number of urea groups is 1. The third-order valence-corrected chi connectivity index (χ3v) is 2.99. The molecule has 6 nitrogen and oxygen atoms in total. The molecule has 0 heterocycles. The van der Waals surface area contributed by atoms with E-state index in [1.54, 1.807) is 24.3 Å². The molecule has 0 spiro atoms. The predicted octanol–water partition coefficient (Wildman–Crippen LogP) is 2.59. The third kappa shape index (κ3) is 8.83. The SMILES string of the molecule is COC(=O)Cc1ccc(NC(=O)NCCCOCC(C)C)cc1. The molecule has 0 aliphatic rings. The quantitative estimate of drug-likeness (QED) is 0.541. The molecule has 0 atom stereocenters. The zero-order chi connectivity index (χ0) is 17.1. The second-order valence-electron chi connectivity index (χ2n) is 5.65. The van der Waals surface area contributed by atoms with Crippen LogP contribution >= 0.6 is 0 Å². The molecule has 0 bridgehead atoms. The number of esters is 1. The molecular formula is C17H26N2O4. The van der Waals surface area contributed by atoms with E-state index in [2.05, 4.69) is 29.2 Å². The highest BCUT2D eigenvalue weighted by atomic mass is 16.5. The van der Waals surface area contributed by atoms with Gasteiger partial charge in [-0.25, -0.2) is 4.79 Å². The zero-order valence-corrected chi connectivity index (χ0v) is 14.1. The van der Waals surface area contributed by atoms with Gasteiger partial charge in [0, 0.05) is 25.4 Å². The molecule has 23 heavy (non-hydrogen) atoms. The van der Waals surface area contributed by atoms with Crippen molar-refractivity contribution in [1.29, 1.82) is 0 Å². The molecule has 0 aromatic heterocycles. The summed E-state index contributed by atoms with van der Waals surface area (Å²) in [7, 11) is 1.36. The van der Waals surface area contributed by atoms with Gasteiger partial charge in [-0.2, -0.15) is 0 Å². The fourth-order valence-corrected chi connectivity index (χ4v) is 1.82. The highest BCUT2D eigenvalue weighted by Crippen LogP contribution is 2.10. The van der Waals surface area contributed by atoms with Crippen LogP contribution in [0.5, 0.6) is 0 Å². The largest absolute Gasteiger partial charge is 0.469 e. The van der Waals surface area contributed by atoms with Crippen molar-refractivity contribution in [3.05, 3.63) is 29.8 Å². The standard InChI is InChI=1S/C17H26N2O4/c1-13(2)12-23-10-4-9-18-17(21)19-15-7-5-14(6-8-15)11-16(20)22-3/h5-8,13H,4,9-12H2,1-3H3,(H2,18,19,21). The number of benzene rings is 1. The summed E-state index contributed by atoms with van der Waals surface area (Å²) in [6.07, 6.45) is 0.998. The van der Waals surface area contributed by atoms with Crippen LogP contribution in [-0.4, -0.2) is 38.9 Å². The van der Waals surface area contributed by atoms with E-state index in [4.69, 9.17) is 4.74 Å². The first-order valence-electron chi connectivity index (χ1n) is 7.79. The van der Waals surface area contributed by atoms with Crippen LogP contribution in [0, 0.1) is 5.92 Å². The lowest BCUT2D eigenvalue weighted by molar-refractivity contribution is -0.139. The summed E-state index contributed by atoms with van der Waals surface area (Å²) in [5, 5.41) is 5.51. The summed E-state index contributed by atoms with van der Waals surface area (Å²) in [5.41, 5.74) is 1.51. The summed E-state index contributed by atoms with van der Waals surface area (Å²) < 4.78 is 10.0. The average molecular weight is 322 g/mol. The van der Waals surface area contributed by atoms with E-state index in [1.807, 2.05) is 0 Å². The first-order valence-corrected chi connectivity index (χ1v) is 7.79. The average Bonchev–Trinajstić information content (AvgIpc) is 2.52. The molecule has 0 aliphatic heterocycles. The van der Waals surface area contributed by atoms with Gasteiger partial charge in [-0.05, 0) is 30.0 Å². The summed E-state index contributed by atoms with van der Waals surface area (Å²) in [6.45, 7) is 6.14. The topological polar surface area (TPSA) is 76.7 Å². The fraction of sp³-hybridized carbons (Fsp3) is 0.529. The molecule has 1 rings (SSSR count). The lowest BCUT2D eigenvalue weighted by atomic mass is 10.1. The molecule has 1 aromatic rings. The van der Waals surface area contributed by atoms with Crippen molar-refractivity contribution >= 4 is 17.7 Å². The van der Waals surface area contributed by atoms with E-state index in [0.29, 0.717) is 24.8 Å². The van der Waals surface area contributed by atoms with Crippen molar-refractivity contribution in [2.75, 3.05) is 32.2 Å². The van der Waals surface area contributed by atoms with Crippen LogP contribution in [0.15, 0.2) is 24.3 Å². The maximum atomic E-state index is 11.7. The minimum absolute atomic E-state index is 0.222. The van der Waals surface area contributed by atoms with Gasteiger partial charge in [-0.1, -0.05) is 26.0 Å². The zero-order valence-electron chi connectivity index (χ0n) is 14.1. The molecule has 2 N–H and O–H groups in total. The summed E-state index contributed by atoms with van der Waals surface area (Å²) in [4.78, 5) is 22.9. The van der Waals surface area contributed by atoms with Crippen LogP contribution in [0.1, 0.15) is 25.8 Å². The normalized spacial score (nSPS) is 10.4. The summed E-state index contributed by atoms with van der Waals surface area (Å²) in [5.74, 6) is 0.233. The van der Waals surface area contributed by atoms with Crippen LogP contribution in [0.4, 0.5) is 10.5 Å². The molecule has 6 heteroatoms. The highest BCUT2D eigenvalue weighted by molar-refractivity contribution is 5.89. The van der Waals surface area contributed by atoms with Crippen LogP contribution in [-0.2, 0) is 20.7 Å². The maximum absolute atomic E-state index is 11.7. The predicted molar refractivity (Wildman–Crippen MR) is 89.5 cm³/mol. The number of ether oxygens (including phenoxy) is 2. The molecule has 0 saturated carbocycles. The Balaban J connectivity index is 2.22. The molecule has 0 aliphatic carbocycles. The first kappa shape index (κ1) is 19.0. The number of carbonyl (C=O) groups is 2. The molecule has 0 unspecified atom stereocenters. The number of hydrogen-bond donors (Lipinski definition) is 2. The van der Waals surface area contributed by atoms with Crippen LogP contribution in [0.3, 0.4) is 0 Å². The number of hydrogen-bond acceptors (Lipinski definition) is 4. The van der Waals surface area contributed by atoms with Gasteiger partial charge in [0.25, 0.3) is 0 Å². The maximum Gasteiger partial charge on any atom is 0.319 e. The van der Waals surface area contributed by atoms with Gasteiger partial charge in [0.05, 0.1) is 13.5 Å². The van der Waals surface area contributed by atoms with Gasteiger partial charge >= 0.3 is 12.0 Å². The lowest BCUT2D eigenvalue weighted by Gasteiger charge is -2.09. The number of amides is 2. The van der Waals surface area contributed by atoms with Crippen molar-refractivity contribution in [2.24, 2.45) is 5.92 Å². The van der Waals surface area contributed by atoms with Gasteiger partial charge in [-0.15, -0.1) is 0 Å². The second-order valence-corrected chi connectivity index (χ2v) is 5.65. The Kier molecular flexibility index (Phi) is 8.75. The Labute approximate surface area is 137 Å². The van der Waals surface area contributed by atoms with Gasteiger partial charge < -0.3 is 20.1 Å². The second kappa shape index (κ2) is 10.6. The van der Waals surface area contributed by atoms with E-state index in [-0.39, 0.29) is 18.4 Å². The van der Waals surface area contributed by atoms with Crippen molar-refractivity contribution in [2.45, 2.75) is 26.7 Å². The number of carbonyl (C=O) groups excluding carboxylic acids is 2. The molecule has 0 fully saturated rings. The number of anilines is 1. The van der Waals surface area contributed by atoms with Crippen molar-refractivity contribution in [1.82, 2.24) is 5.32 Å². The minimum Gasteiger partial charge on any atom is -0.469 e. The molecule has 128 valence electrons. The monoisotopic (exact) mass is 322 g/mol. The molecule has 0 radical (unpaired) electrons. The highest BCUT2D eigenvalue weighted by Gasteiger charge is 2.04. The minimum atomic E-state index is -0.289. The van der Waals surface area contributed by atoms with E-state index >= 15 is 0 Å². The third-order valence-electron chi connectivity index (χ3n) is 2.99. The number of rotatable bonds is 9. The van der Waals surface area contributed by atoms with Gasteiger partial charge in [0.2, 0.25) is 0 Å². The molecule has 2 amide bonds. The molecular weight excluding hydrogens is 296 g/mol. The van der Waals surface area contributed by atoms with Crippen LogP contribution in [0.2, 0.25) is 0 Å². The molecule has 0 saturated heterocycles. The van der Waals surface area contributed by atoms with Gasteiger partial charge in [0.1, 0.15) is 0 Å². The Morgan fingerprint density at radius 3 is 2.48 bits per heavy atom. The molecule has 1 aromatic carbocycles. The van der Waals surface area contributed by atoms with Crippen molar-refractivity contribution < 1.29 is 19.1 Å². The summed E-state index contributed by atoms with van der Waals surface area (Å²) in [6, 6.07) is 6.82. The van der Waals surface area contributed by atoms with Crippen LogP contribution < -0.4 is 10.6 Å². The van der Waals surface area contributed by atoms with E-state index in [0.717, 1.165) is 18.6 Å². The number of nitrogens with one attached hydrogen (secondary N) is 2. The van der Waals surface area contributed by atoms with E-state index < -0.39 is 0 Å². The van der Waals surface area contributed by atoms with Gasteiger partial charge in [-0.3, -0.25) is 4.79 Å². The van der Waals surface area contributed by atoms with Crippen molar-refractivity contribution in [3.63, 3.8) is 0 Å². The fourth-order valence-electron chi connectivity index (χ4n) is 1.82. The van der Waals surface area contributed by atoms with E-state index in [1.165, 1.54) is 7.11 Å². The lowest BCUT2D eigenvalue weighted by Crippen LogP contribution is -2.30. The van der Waals surface area contributed by atoms with E-state index in [9.17, 15) is 9.59 Å². The Hall–Kier alpha value is -2.08. The summed E-state index contributed by atoms with van der Waals surface area (Å²) >= 11 is 0. The Bertz CT molecular complexity index is 486. The number of methoxy groups -OCH3 is 1. The van der Waals surface area contributed by atoms with Crippen molar-refractivity contribution in [3.8, 4) is 0 Å². The van der Waals surface area contributed by atoms with Gasteiger partial charge in [0.15, 0.2) is 0 Å².